The van der Waals surface area contributed by atoms with Crippen LogP contribution in [0.5, 0.6) is 17.2 Å². The Hall–Kier alpha value is -1.70. The van der Waals surface area contributed by atoms with Gasteiger partial charge in [-0.25, -0.2) is 0 Å². The van der Waals surface area contributed by atoms with Crippen molar-refractivity contribution >= 4 is 10.8 Å². The monoisotopic (exact) mass is 200 g/mol. The molecule has 1 heterocycles. The Morgan fingerprint density at radius 3 is 2.60 bits per heavy atom. The number of phenols is 1. The molecule has 0 aromatic heterocycles. The van der Waals surface area contributed by atoms with Crippen molar-refractivity contribution in [2.75, 3.05) is 0 Å². The van der Waals surface area contributed by atoms with Gasteiger partial charge in [0.1, 0.15) is 5.75 Å². The van der Waals surface area contributed by atoms with Crippen LogP contribution in [0, 0.1) is 0 Å². The number of rotatable bonds is 2. The summed E-state index contributed by atoms with van der Waals surface area (Å²) in [7, 11) is 0. The second-order valence-corrected chi connectivity index (χ2v) is 3.88. The van der Waals surface area contributed by atoms with Gasteiger partial charge in [-0.3, -0.25) is 0 Å². The molecule has 0 unspecified atom stereocenters. The molecule has 0 aliphatic carbocycles. The highest BCUT2D eigenvalue weighted by atomic mass is 16.6. The van der Waals surface area contributed by atoms with Crippen LogP contribution in [0.2, 0.25) is 0 Å². The fraction of sp³-hybridized carbons (Fsp3) is 0.231. The van der Waals surface area contributed by atoms with Crippen molar-refractivity contribution in [2.45, 2.75) is 19.8 Å². The van der Waals surface area contributed by atoms with Gasteiger partial charge in [-0.05, 0) is 6.42 Å². The summed E-state index contributed by atoms with van der Waals surface area (Å²) < 4.78 is 5.46. The molecule has 2 aromatic carbocycles. The average Bonchev–Trinajstić information content (AvgIpc) is 3.04. The minimum atomic E-state index is 0.392. The number of hydrogen-bond donors (Lipinski definition) is 1. The summed E-state index contributed by atoms with van der Waals surface area (Å²) in [5.41, 5.74) is 0.964. The molecule has 2 aromatic rings. The minimum absolute atomic E-state index is 0.392. The maximum atomic E-state index is 10.1. The third-order valence-corrected chi connectivity index (χ3v) is 2.86. The van der Waals surface area contributed by atoms with Gasteiger partial charge in [0.15, 0.2) is 11.5 Å². The van der Waals surface area contributed by atoms with Crippen molar-refractivity contribution in [1.29, 1.82) is 0 Å². The molecule has 1 N–H and O–H groups in total. The van der Waals surface area contributed by atoms with E-state index in [4.69, 9.17) is 4.74 Å². The van der Waals surface area contributed by atoms with Gasteiger partial charge < -0.3 is 9.84 Å². The summed E-state index contributed by atoms with van der Waals surface area (Å²) >= 11 is 0. The van der Waals surface area contributed by atoms with Crippen LogP contribution in [-0.4, -0.2) is 5.11 Å². The molecule has 15 heavy (non-hydrogen) atoms. The first kappa shape index (κ1) is 8.60. The number of aromatic hydroxyl groups is 1. The van der Waals surface area contributed by atoms with Gasteiger partial charge in [0, 0.05) is 16.3 Å². The lowest BCUT2D eigenvalue weighted by Crippen LogP contribution is -1.82. The Kier molecular flexibility index (Phi) is 1.66. The number of ether oxygens (including phenoxy) is 1. The fourth-order valence-corrected chi connectivity index (χ4v) is 2.09. The Balaban J connectivity index is 2.33. The molecule has 2 nitrogen and oxygen atoms in total. The van der Waals surface area contributed by atoms with E-state index in [1.165, 1.54) is 0 Å². The maximum absolute atomic E-state index is 10.1. The summed E-state index contributed by atoms with van der Waals surface area (Å²) in [6.07, 6.45) is 1.89. The van der Waals surface area contributed by atoms with Crippen molar-refractivity contribution in [1.82, 2.24) is 0 Å². The van der Waals surface area contributed by atoms with E-state index in [1.807, 2.05) is 24.3 Å². The quantitative estimate of drug-likeness (QED) is 0.641. The molecule has 0 bridgehead atoms. The first-order valence-electron chi connectivity index (χ1n) is 5.27. The van der Waals surface area contributed by atoms with Crippen LogP contribution in [0.3, 0.4) is 0 Å². The Bertz CT molecular complexity index is 544. The Labute approximate surface area is 88.1 Å². The van der Waals surface area contributed by atoms with Gasteiger partial charge >= 0.3 is 0 Å². The lowest BCUT2D eigenvalue weighted by Gasteiger charge is -2.02. The number of benzene rings is 2. The summed E-state index contributed by atoms with van der Waals surface area (Å²) in [4.78, 5) is 0. The van der Waals surface area contributed by atoms with Crippen LogP contribution in [0.1, 0.15) is 18.9 Å². The zero-order valence-electron chi connectivity index (χ0n) is 8.58. The lowest BCUT2D eigenvalue weighted by molar-refractivity contribution is 0.473. The lowest BCUT2D eigenvalue weighted by atomic mass is 10.0. The van der Waals surface area contributed by atoms with E-state index in [9.17, 15) is 5.11 Å². The highest BCUT2D eigenvalue weighted by Crippen LogP contribution is 2.57. The Morgan fingerprint density at radius 1 is 1.13 bits per heavy atom. The van der Waals surface area contributed by atoms with Crippen LogP contribution in [0.25, 0.3) is 10.8 Å². The second-order valence-electron chi connectivity index (χ2n) is 3.88. The molecule has 0 radical (unpaired) electrons. The molecule has 0 atom stereocenters. The van der Waals surface area contributed by atoms with E-state index in [-0.39, 0.29) is 0 Å². The molecule has 1 aliphatic heterocycles. The molecular formula is C13H12O2. The van der Waals surface area contributed by atoms with Crippen molar-refractivity contribution in [2.24, 2.45) is 0 Å². The maximum Gasteiger partial charge on any atom is 0.178 e. The summed E-state index contributed by atoms with van der Waals surface area (Å²) in [5, 5.41) is 12.0. The molecule has 1 aliphatic rings. The molecule has 3 rings (SSSR count). The second kappa shape index (κ2) is 2.89. The van der Waals surface area contributed by atoms with Gasteiger partial charge in [-0.1, -0.05) is 37.6 Å². The van der Waals surface area contributed by atoms with Crippen LogP contribution < -0.4 is 4.74 Å². The predicted octanol–water partition coefficient (Wildman–Crippen LogP) is 3.60. The van der Waals surface area contributed by atoms with E-state index in [0.29, 0.717) is 5.75 Å². The van der Waals surface area contributed by atoms with Crippen LogP contribution in [0.4, 0.5) is 0 Å². The molecular weight excluding hydrogens is 188 g/mol. The smallest absolute Gasteiger partial charge is 0.178 e. The largest absolute Gasteiger partial charge is 0.507 e. The highest BCUT2D eigenvalue weighted by Gasteiger charge is 2.30. The van der Waals surface area contributed by atoms with Crippen LogP contribution >= 0.6 is 0 Å². The van der Waals surface area contributed by atoms with Crippen LogP contribution in [0.15, 0.2) is 24.3 Å². The third kappa shape index (κ3) is 1.11. The van der Waals surface area contributed by atoms with Gasteiger partial charge in [-0.15, -0.1) is 0 Å². The summed E-state index contributed by atoms with van der Waals surface area (Å²) in [5.74, 6) is 2.24. The first-order valence-corrected chi connectivity index (χ1v) is 5.27. The van der Waals surface area contributed by atoms with Gasteiger partial charge in [0.25, 0.3) is 0 Å². The fourth-order valence-electron chi connectivity index (χ4n) is 2.09. The highest BCUT2D eigenvalue weighted by molar-refractivity contribution is 6.00. The first-order chi connectivity index (χ1) is 7.33. The van der Waals surface area contributed by atoms with Crippen molar-refractivity contribution in [3.05, 3.63) is 29.8 Å². The number of fused-ring (bicyclic) bond motifs is 3. The van der Waals surface area contributed by atoms with Gasteiger partial charge in [0.05, 0.1) is 0 Å². The van der Waals surface area contributed by atoms with E-state index in [1.54, 1.807) is 0 Å². The molecule has 0 saturated carbocycles. The van der Waals surface area contributed by atoms with Gasteiger partial charge in [0.2, 0.25) is 0 Å². The van der Waals surface area contributed by atoms with Crippen molar-refractivity contribution < 1.29 is 9.84 Å². The van der Waals surface area contributed by atoms with Crippen LogP contribution in [-0.2, 0) is 6.42 Å². The van der Waals surface area contributed by atoms with Crippen molar-refractivity contribution in [3.63, 3.8) is 0 Å². The molecule has 0 amide bonds. The minimum Gasteiger partial charge on any atom is -0.507 e. The zero-order valence-corrected chi connectivity index (χ0v) is 8.58. The normalized spacial score (nSPS) is 12.3. The summed E-state index contributed by atoms with van der Waals surface area (Å²) in [6.45, 7) is 2.10. The van der Waals surface area contributed by atoms with Crippen molar-refractivity contribution in [3.8, 4) is 17.2 Å². The molecule has 76 valence electrons. The predicted molar refractivity (Wildman–Crippen MR) is 59.7 cm³/mol. The summed E-state index contributed by atoms with van der Waals surface area (Å²) in [6, 6.07) is 7.82. The van der Waals surface area contributed by atoms with Gasteiger partial charge in [-0.2, -0.15) is 0 Å². The number of phenolic OH excluding ortho intramolecular Hbond substituents is 1. The van der Waals surface area contributed by atoms with E-state index in [0.717, 1.165) is 40.7 Å². The molecule has 0 spiro atoms. The molecule has 0 fully saturated rings. The van der Waals surface area contributed by atoms with E-state index < -0.39 is 0 Å². The topological polar surface area (TPSA) is 32.8 Å². The molecule has 0 saturated heterocycles. The van der Waals surface area contributed by atoms with E-state index in [2.05, 4.69) is 6.92 Å². The standard InChI is InChI=1S/C13H12O2/c1-2-5-10-11(14)8-6-3-4-7-9(8)12-13(10)15-12/h3-4,6-7,14H,2,5H2,1H3. The average molecular weight is 200 g/mol. The Morgan fingerprint density at radius 2 is 1.87 bits per heavy atom. The zero-order chi connectivity index (χ0) is 10.4. The number of hydrogen-bond acceptors (Lipinski definition) is 2. The molecule has 2 heteroatoms. The SMILES string of the molecule is CCCc1c2c(c3ccccc3c1O)O2. The van der Waals surface area contributed by atoms with E-state index >= 15 is 0 Å². The third-order valence-electron chi connectivity index (χ3n) is 2.86.